The Bertz CT molecular complexity index is 319. The van der Waals surface area contributed by atoms with Gasteiger partial charge in [0.15, 0.2) is 0 Å². The van der Waals surface area contributed by atoms with Crippen molar-refractivity contribution in [1.29, 1.82) is 0 Å². The van der Waals surface area contributed by atoms with Gasteiger partial charge in [0, 0.05) is 19.1 Å². The molecular formula is C12H26N2O2S. The molecule has 0 saturated heterocycles. The normalized spacial score (nSPS) is 18.8. The molecule has 1 saturated carbocycles. The fraction of sp³-hybridized carbons (Fsp3) is 1.00. The molecule has 0 aromatic rings. The van der Waals surface area contributed by atoms with Crippen LogP contribution in [0.2, 0.25) is 0 Å². The molecule has 17 heavy (non-hydrogen) atoms. The highest BCUT2D eigenvalue weighted by atomic mass is 32.2. The van der Waals surface area contributed by atoms with E-state index in [4.69, 9.17) is 0 Å². The molecule has 0 aromatic heterocycles. The van der Waals surface area contributed by atoms with E-state index < -0.39 is 10.0 Å². The van der Waals surface area contributed by atoms with Gasteiger partial charge in [-0.1, -0.05) is 12.8 Å². The van der Waals surface area contributed by atoms with Crippen LogP contribution in [0.4, 0.5) is 0 Å². The first-order chi connectivity index (χ1) is 7.85. The standard InChI is InChI=1S/C12H26N2O2S/c1-11(2)17(15,16)14(10-9-13(3)4)12-7-5-6-8-12/h11-12H,5-10H2,1-4H3. The molecule has 0 aromatic carbocycles. The lowest BCUT2D eigenvalue weighted by Gasteiger charge is -2.30. The van der Waals surface area contributed by atoms with Crippen LogP contribution in [-0.2, 0) is 10.0 Å². The molecule has 1 aliphatic rings. The van der Waals surface area contributed by atoms with Crippen molar-refractivity contribution in [3.05, 3.63) is 0 Å². The summed E-state index contributed by atoms with van der Waals surface area (Å²) in [6.07, 6.45) is 4.38. The van der Waals surface area contributed by atoms with E-state index in [2.05, 4.69) is 0 Å². The predicted molar refractivity (Wildman–Crippen MR) is 71.6 cm³/mol. The second-order valence-electron chi connectivity index (χ2n) is 5.45. The van der Waals surface area contributed by atoms with Crippen LogP contribution in [0.25, 0.3) is 0 Å². The van der Waals surface area contributed by atoms with Crippen molar-refractivity contribution < 1.29 is 8.42 Å². The fourth-order valence-electron chi connectivity index (χ4n) is 2.28. The Labute approximate surface area is 106 Å². The molecule has 0 spiro atoms. The molecule has 0 amide bonds. The zero-order valence-corrected chi connectivity index (χ0v) is 12.3. The molecule has 0 bridgehead atoms. The van der Waals surface area contributed by atoms with Gasteiger partial charge in [0.2, 0.25) is 10.0 Å². The smallest absolute Gasteiger partial charge is 0.216 e. The Morgan fingerprint density at radius 2 is 1.65 bits per heavy atom. The largest absolute Gasteiger partial charge is 0.308 e. The quantitative estimate of drug-likeness (QED) is 0.729. The molecule has 4 nitrogen and oxygen atoms in total. The number of rotatable bonds is 6. The van der Waals surface area contributed by atoms with E-state index >= 15 is 0 Å². The molecule has 1 fully saturated rings. The Balaban J connectivity index is 2.78. The summed E-state index contributed by atoms with van der Waals surface area (Å²) < 4.78 is 26.4. The summed E-state index contributed by atoms with van der Waals surface area (Å²) in [6, 6.07) is 0.238. The van der Waals surface area contributed by atoms with Gasteiger partial charge in [0.05, 0.1) is 5.25 Å². The number of hydrogen-bond acceptors (Lipinski definition) is 3. The monoisotopic (exact) mass is 262 g/mol. The van der Waals surface area contributed by atoms with Gasteiger partial charge in [-0.3, -0.25) is 0 Å². The predicted octanol–water partition coefficient (Wildman–Crippen LogP) is 1.53. The minimum atomic E-state index is -3.11. The Kier molecular flexibility index (Phi) is 5.41. The second kappa shape index (κ2) is 6.16. The molecule has 0 aliphatic heterocycles. The Hall–Kier alpha value is -0.130. The van der Waals surface area contributed by atoms with E-state index in [9.17, 15) is 8.42 Å². The summed E-state index contributed by atoms with van der Waals surface area (Å²) in [4.78, 5) is 2.04. The van der Waals surface area contributed by atoms with E-state index in [-0.39, 0.29) is 11.3 Å². The molecule has 0 radical (unpaired) electrons. The zero-order valence-electron chi connectivity index (χ0n) is 11.5. The summed E-state index contributed by atoms with van der Waals surface area (Å²) in [5.74, 6) is 0. The van der Waals surface area contributed by atoms with Crippen molar-refractivity contribution in [2.75, 3.05) is 27.2 Å². The van der Waals surface area contributed by atoms with Gasteiger partial charge in [-0.2, -0.15) is 4.31 Å². The van der Waals surface area contributed by atoms with Crippen molar-refractivity contribution in [1.82, 2.24) is 9.21 Å². The number of nitrogens with zero attached hydrogens (tertiary/aromatic N) is 2. The van der Waals surface area contributed by atoms with Crippen LogP contribution in [0, 0.1) is 0 Å². The van der Waals surface area contributed by atoms with Crippen molar-refractivity contribution in [3.63, 3.8) is 0 Å². The van der Waals surface area contributed by atoms with Gasteiger partial charge in [0.25, 0.3) is 0 Å². The van der Waals surface area contributed by atoms with Crippen LogP contribution in [0.5, 0.6) is 0 Å². The lowest BCUT2D eigenvalue weighted by molar-refractivity contribution is 0.280. The van der Waals surface area contributed by atoms with Crippen molar-refractivity contribution in [2.24, 2.45) is 0 Å². The van der Waals surface area contributed by atoms with Gasteiger partial charge in [-0.05, 0) is 40.8 Å². The van der Waals surface area contributed by atoms with Crippen molar-refractivity contribution >= 4 is 10.0 Å². The summed E-state index contributed by atoms with van der Waals surface area (Å²) in [5.41, 5.74) is 0. The molecule has 0 unspecified atom stereocenters. The first kappa shape index (κ1) is 14.9. The average molecular weight is 262 g/mol. The number of hydrogen-bond donors (Lipinski definition) is 0. The van der Waals surface area contributed by atoms with E-state index in [1.54, 1.807) is 18.2 Å². The molecule has 0 heterocycles. The highest BCUT2D eigenvalue weighted by molar-refractivity contribution is 7.89. The van der Waals surface area contributed by atoms with E-state index in [0.29, 0.717) is 6.54 Å². The van der Waals surface area contributed by atoms with Crippen LogP contribution >= 0.6 is 0 Å². The van der Waals surface area contributed by atoms with Crippen molar-refractivity contribution in [2.45, 2.75) is 50.8 Å². The second-order valence-corrected chi connectivity index (χ2v) is 7.89. The molecule has 0 atom stereocenters. The average Bonchev–Trinajstić information content (AvgIpc) is 2.70. The van der Waals surface area contributed by atoms with Crippen molar-refractivity contribution in [3.8, 4) is 0 Å². The first-order valence-electron chi connectivity index (χ1n) is 6.51. The summed E-state index contributed by atoms with van der Waals surface area (Å²) in [7, 11) is 0.851. The maximum atomic E-state index is 12.3. The molecule has 102 valence electrons. The minimum Gasteiger partial charge on any atom is -0.308 e. The maximum absolute atomic E-state index is 12.3. The van der Waals surface area contributed by atoms with E-state index in [1.807, 2.05) is 19.0 Å². The lowest BCUT2D eigenvalue weighted by Crippen LogP contribution is -2.45. The molecule has 5 heteroatoms. The summed E-state index contributed by atoms with van der Waals surface area (Å²) >= 11 is 0. The Morgan fingerprint density at radius 3 is 2.06 bits per heavy atom. The van der Waals surface area contributed by atoms with E-state index in [1.165, 1.54) is 0 Å². The Morgan fingerprint density at radius 1 is 1.12 bits per heavy atom. The minimum absolute atomic E-state index is 0.238. The zero-order chi connectivity index (χ0) is 13.1. The lowest BCUT2D eigenvalue weighted by atomic mass is 10.2. The van der Waals surface area contributed by atoms with Crippen LogP contribution < -0.4 is 0 Å². The SMILES string of the molecule is CC(C)S(=O)(=O)N(CCN(C)C)C1CCCC1. The third-order valence-corrected chi connectivity index (χ3v) is 5.75. The van der Waals surface area contributed by atoms with Crippen LogP contribution in [0.3, 0.4) is 0 Å². The molecule has 1 rings (SSSR count). The molecule has 0 N–H and O–H groups in total. The van der Waals surface area contributed by atoms with Crippen LogP contribution in [0.15, 0.2) is 0 Å². The van der Waals surface area contributed by atoms with Gasteiger partial charge in [0.1, 0.15) is 0 Å². The van der Waals surface area contributed by atoms with Gasteiger partial charge in [-0.15, -0.1) is 0 Å². The first-order valence-corrected chi connectivity index (χ1v) is 8.01. The molecule has 1 aliphatic carbocycles. The third kappa shape index (κ3) is 3.93. The highest BCUT2D eigenvalue weighted by Gasteiger charge is 2.33. The topological polar surface area (TPSA) is 40.6 Å². The van der Waals surface area contributed by atoms with Gasteiger partial charge >= 0.3 is 0 Å². The van der Waals surface area contributed by atoms with Crippen LogP contribution in [0.1, 0.15) is 39.5 Å². The third-order valence-electron chi connectivity index (χ3n) is 3.42. The summed E-state index contributed by atoms with van der Waals surface area (Å²) in [5, 5.41) is -0.315. The number of sulfonamides is 1. The van der Waals surface area contributed by atoms with Gasteiger partial charge < -0.3 is 4.90 Å². The van der Waals surface area contributed by atoms with E-state index in [0.717, 1.165) is 32.2 Å². The number of likely N-dealkylation sites (N-methyl/N-ethyl adjacent to an activating group) is 1. The summed E-state index contributed by atoms with van der Waals surface area (Å²) in [6.45, 7) is 4.96. The fourth-order valence-corrected chi connectivity index (χ4v) is 3.78. The highest BCUT2D eigenvalue weighted by Crippen LogP contribution is 2.26. The van der Waals surface area contributed by atoms with Crippen LogP contribution in [-0.4, -0.2) is 56.1 Å². The van der Waals surface area contributed by atoms with Gasteiger partial charge in [-0.25, -0.2) is 8.42 Å². The molecular weight excluding hydrogens is 236 g/mol. The maximum Gasteiger partial charge on any atom is 0.216 e.